The average molecular weight is 704 g/mol. The van der Waals surface area contributed by atoms with Crippen LogP contribution in [0.3, 0.4) is 0 Å². The average Bonchev–Trinajstić information content (AvgIpc) is 3.06. The topological polar surface area (TPSA) is 102 Å². The highest BCUT2D eigenvalue weighted by Crippen LogP contribution is 2.11. The molecular formula is C42H73NO7. The van der Waals surface area contributed by atoms with Crippen LogP contribution >= 0.6 is 0 Å². The number of carboxylic acid groups (broad SMARTS) is 1. The molecule has 0 N–H and O–H groups in total. The van der Waals surface area contributed by atoms with E-state index in [4.69, 9.17) is 14.2 Å². The van der Waals surface area contributed by atoms with Crippen molar-refractivity contribution >= 4 is 17.9 Å². The maximum absolute atomic E-state index is 12.6. The van der Waals surface area contributed by atoms with Crippen LogP contribution in [0.2, 0.25) is 0 Å². The molecule has 0 saturated carbocycles. The summed E-state index contributed by atoms with van der Waals surface area (Å²) in [5.41, 5.74) is 0. The van der Waals surface area contributed by atoms with E-state index in [0.717, 1.165) is 25.7 Å². The SMILES string of the molecule is CCCCCCCC/C=C/C/C=C/CCC(=O)OCC(COCCC(C(=O)[O-])[N+](C)(C)C)OC(=O)CC/C=C/C/C=C/CCCCCCCC. The smallest absolute Gasteiger partial charge is 0.306 e. The molecule has 50 heavy (non-hydrogen) atoms. The summed E-state index contributed by atoms with van der Waals surface area (Å²) in [6.07, 6.45) is 37.4. The minimum atomic E-state index is -1.14. The van der Waals surface area contributed by atoms with Crippen molar-refractivity contribution in [2.24, 2.45) is 0 Å². The molecule has 0 aliphatic rings. The molecule has 8 heteroatoms. The predicted molar refractivity (Wildman–Crippen MR) is 203 cm³/mol. The fourth-order valence-electron chi connectivity index (χ4n) is 5.35. The Morgan fingerprint density at radius 3 is 1.54 bits per heavy atom. The monoisotopic (exact) mass is 704 g/mol. The molecule has 0 aromatic carbocycles. The van der Waals surface area contributed by atoms with Gasteiger partial charge in [0.15, 0.2) is 6.10 Å². The molecule has 0 amide bonds. The number of carboxylic acids is 1. The van der Waals surface area contributed by atoms with Gasteiger partial charge in [0.1, 0.15) is 12.6 Å². The summed E-state index contributed by atoms with van der Waals surface area (Å²) in [5.74, 6) is -1.91. The molecule has 0 bridgehead atoms. The number of hydrogen-bond donors (Lipinski definition) is 0. The lowest BCUT2D eigenvalue weighted by Gasteiger charge is -2.34. The Morgan fingerprint density at radius 2 is 1.06 bits per heavy atom. The minimum Gasteiger partial charge on any atom is -0.544 e. The lowest BCUT2D eigenvalue weighted by Crippen LogP contribution is -2.55. The molecule has 0 aliphatic carbocycles. The molecule has 2 unspecified atom stereocenters. The van der Waals surface area contributed by atoms with Gasteiger partial charge in [0.05, 0.1) is 40.3 Å². The number of carbonyl (C=O) groups is 3. The number of allylic oxidation sites excluding steroid dienone is 8. The third kappa shape index (κ3) is 31.3. The molecule has 2 atom stereocenters. The number of unbranched alkanes of at least 4 members (excludes halogenated alkanes) is 12. The number of esters is 2. The van der Waals surface area contributed by atoms with Gasteiger partial charge in [0.25, 0.3) is 0 Å². The molecule has 0 aromatic rings. The van der Waals surface area contributed by atoms with Gasteiger partial charge in [0, 0.05) is 19.3 Å². The molecule has 0 radical (unpaired) electrons. The van der Waals surface area contributed by atoms with Gasteiger partial charge in [-0.25, -0.2) is 0 Å². The van der Waals surface area contributed by atoms with E-state index in [9.17, 15) is 19.5 Å². The maximum Gasteiger partial charge on any atom is 0.306 e. The molecule has 0 aromatic heterocycles. The first-order valence-electron chi connectivity index (χ1n) is 19.7. The third-order valence-corrected chi connectivity index (χ3v) is 8.46. The van der Waals surface area contributed by atoms with Crippen molar-refractivity contribution in [1.29, 1.82) is 0 Å². The van der Waals surface area contributed by atoms with E-state index < -0.39 is 24.1 Å². The molecule has 0 heterocycles. The van der Waals surface area contributed by atoms with E-state index in [1.807, 2.05) is 12.2 Å². The minimum absolute atomic E-state index is 0.000145. The number of aliphatic carboxylic acids is 1. The Morgan fingerprint density at radius 1 is 0.600 bits per heavy atom. The van der Waals surface area contributed by atoms with Crippen LogP contribution in [0.5, 0.6) is 0 Å². The van der Waals surface area contributed by atoms with Crippen LogP contribution in [0, 0.1) is 0 Å². The van der Waals surface area contributed by atoms with E-state index >= 15 is 0 Å². The van der Waals surface area contributed by atoms with Gasteiger partial charge in [-0.05, 0) is 51.4 Å². The van der Waals surface area contributed by atoms with Crippen LogP contribution in [0.1, 0.15) is 149 Å². The molecule has 0 rings (SSSR count). The van der Waals surface area contributed by atoms with Crippen LogP contribution in [0.15, 0.2) is 48.6 Å². The summed E-state index contributed by atoms with van der Waals surface area (Å²) in [5, 5.41) is 11.6. The normalized spacial score (nSPS) is 13.5. The van der Waals surface area contributed by atoms with Gasteiger partial charge < -0.3 is 28.6 Å². The Balaban J connectivity index is 4.58. The standard InChI is InChI=1S/C42H73NO7/c1-6-8-10-12-14-16-18-20-22-24-26-28-30-32-40(44)49-37-38(36-48-35-34-39(42(46)47)43(3,4)5)50-41(45)33-31-29-27-25-23-21-19-17-15-13-11-9-7-2/h20-23,26-29,38-39H,6-19,24-25,30-37H2,1-5H3/b22-20+,23-21+,28-26+,29-27+. The van der Waals surface area contributed by atoms with Crippen molar-refractivity contribution in [2.75, 3.05) is 41.0 Å². The van der Waals surface area contributed by atoms with Gasteiger partial charge in [-0.15, -0.1) is 0 Å². The zero-order valence-electron chi connectivity index (χ0n) is 32.5. The summed E-state index contributed by atoms with van der Waals surface area (Å²) >= 11 is 0. The predicted octanol–water partition coefficient (Wildman–Crippen LogP) is 8.74. The van der Waals surface area contributed by atoms with Crippen molar-refractivity contribution in [3.05, 3.63) is 48.6 Å². The molecule has 288 valence electrons. The van der Waals surface area contributed by atoms with Gasteiger partial charge in [-0.3, -0.25) is 9.59 Å². The second-order valence-corrected chi connectivity index (χ2v) is 14.2. The third-order valence-electron chi connectivity index (χ3n) is 8.46. The van der Waals surface area contributed by atoms with Crippen molar-refractivity contribution in [3.8, 4) is 0 Å². The Kier molecular flexibility index (Phi) is 31.6. The molecular weight excluding hydrogens is 630 g/mol. The maximum atomic E-state index is 12.6. The number of rotatable bonds is 34. The molecule has 0 spiro atoms. The second-order valence-electron chi connectivity index (χ2n) is 14.2. The summed E-state index contributed by atoms with van der Waals surface area (Å²) in [6, 6.07) is -0.741. The van der Waals surface area contributed by atoms with Crippen LogP contribution in [0.25, 0.3) is 0 Å². The number of ether oxygens (including phenoxy) is 3. The van der Waals surface area contributed by atoms with Crippen molar-refractivity contribution in [1.82, 2.24) is 0 Å². The van der Waals surface area contributed by atoms with E-state index in [1.54, 1.807) is 21.1 Å². The highest BCUT2D eigenvalue weighted by atomic mass is 16.6. The molecule has 8 nitrogen and oxygen atoms in total. The van der Waals surface area contributed by atoms with Crippen LogP contribution < -0.4 is 5.11 Å². The van der Waals surface area contributed by atoms with E-state index in [1.165, 1.54) is 77.0 Å². The number of hydrogen-bond acceptors (Lipinski definition) is 7. The Bertz CT molecular complexity index is 964. The number of carbonyl (C=O) groups excluding carboxylic acids is 3. The van der Waals surface area contributed by atoms with E-state index in [0.29, 0.717) is 12.8 Å². The Hall–Kier alpha value is -2.71. The first kappa shape index (κ1) is 47.3. The molecule has 0 aliphatic heterocycles. The zero-order chi connectivity index (χ0) is 37.1. The second kappa shape index (κ2) is 33.4. The first-order chi connectivity index (χ1) is 24.1. The lowest BCUT2D eigenvalue weighted by molar-refractivity contribution is -0.889. The fourth-order valence-corrected chi connectivity index (χ4v) is 5.35. The van der Waals surface area contributed by atoms with Gasteiger partial charge in [0.2, 0.25) is 0 Å². The van der Waals surface area contributed by atoms with Crippen molar-refractivity contribution < 1.29 is 38.2 Å². The Labute approximate surface area is 306 Å². The summed E-state index contributed by atoms with van der Waals surface area (Å²) < 4.78 is 16.9. The summed E-state index contributed by atoms with van der Waals surface area (Å²) in [7, 11) is 5.36. The van der Waals surface area contributed by atoms with E-state index in [-0.39, 0.29) is 49.5 Å². The van der Waals surface area contributed by atoms with Crippen LogP contribution in [0.4, 0.5) is 0 Å². The zero-order valence-corrected chi connectivity index (χ0v) is 32.5. The van der Waals surface area contributed by atoms with Gasteiger partial charge in [-0.1, -0.05) is 127 Å². The van der Waals surface area contributed by atoms with Crippen LogP contribution in [-0.2, 0) is 28.6 Å². The lowest BCUT2D eigenvalue weighted by atomic mass is 10.1. The van der Waals surface area contributed by atoms with Crippen molar-refractivity contribution in [2.45, 2.75) is 161 Å². The number of nitrogens with zero attached hydrogens (tertiary/aromatic N) is 1. The summed E-state index contributed by atoms with van der Waals surface area (Å²) in [4.78, 5) is 36.6. The highest BCUT2D eigenvalue weighted by molar-refractivity contribution is 5.70. The van der Waals surface area contributed by atoms with Crippen molar-refractivity contribution in [3.63, 3.8) is 0 Å². The quantitative estimate of drug-likeness (QED) is 0.0286. The number of quaternary nitrogens is 1. The highest BCUT2D eigenvalue weighted by Gasteiger charge is 2.25. The molecule has 0 saturated heterocycles. The van der Waals surface area contributed by atoms with Gasteiger partial charge >= 0.3 is 11.9 Å². The van der Waals surface area contributed by atoms with E-state index in [2.05, 4.69) is 50.3 Å². The van der Waals surface area contributed by atoms with Crippen LogP contribution in [-0.4, -0.2) is 75.5 Å². The largest absolute Gasteiger partial charge is 0.544 e. The summed E-state index contributed by atoms with van der Waals surface area (Å²) in [6.45, 7) is 4.49. The first-order valence-corrected chi connectivity index (χ1v) is 19.7. The van der Waals surface area contributed by atoms with Gasteiger partial charge in [-0.2, -0.15) is 0 Å². The fraction of sp³-hybridized carbons (Fsp3) is 0.738. The molecule has 0 fully saturated rings. The number of likely N-dealkylation sites (N-methyl/N-ethyl adjacent to an activating group) is 1.